The van der Waals surface area contributed by atoms with E-state index in [4.69, 9.17) is 14.2 Å². The number of hydrogen-bond donors (Lipinski definition) is 0. The lowest BCUT2D eigenvalue weighted by atomic mass is 10.0. The first-order valence-electron chi connectivity index (χ1n) is 12.3. The molecule has 7 heteroatoms. The average molecular weight is 501 g/mol. The Morgan fingerprint density at radius 3 is 2.03 bits per heavy atom. The van der Waals surface area contributed by atoms with E-state index in [0.29, 0.717) is 19.6 Å². The van der Waals surface area contributed by atoms with Gasteiger partial charge in [0.2, 0.25) is 0 Å². The monoisotopic (exact) mass is 500 g/mol. The van der Waals surface area contributed by atoms with Crippen LogP contribution < -0.4 is 4.74 Å². The summed E-state index contributed by atoms with van der Waals surface area (Å²) in [4.78, 5) is 29.6. The number of carbonyl (C=O) groups is 2. The Hall–Kier alpha value is -4.26. The summed E-state index contributed by atoms with van der Waals surface area (Å²) in [5, 5.41) is 0. The molecule has 4 rings (SSSR count). The third-order valence-electron chi connectivity index (χ3n) is 6.45. The van der Waals surface area contributed by atoms with Gasteiger partial charge in [0.25, 0.3) is 0 Å². The van der Waals surface area contributed by atoms with Crippen molar-refractivity contribution >= 4 is 12.2 Å². The maximum absolute atomic E-state index is 13.4. The fraction of sp³-hybridized carbons (Fsp3) is 0.267. The molecule has 0 spiro atoms. The molecule has 1 aliphatic rings. The molecule has 1 saturated heterocycles. The second kappa shape index (κ2) is 12.6. The molecular formula is C30H32N2O5. The highest BCUT2D eigenvalue weighted by molar-refractivity contribution is 5.70. The number of likely N-dealkylation sites (tertiary alicyclic amines) is 1. The van der Waals surface area contributed by atoms with Crippen molar-refractivity contribution in [1.82, 2.24) is 9.80 Å². The molecule has 1 fully saturated rings. The first-order valence-corrected chi connectivity index (χ1v) is 12.3. The fourth-order valence-corrected chi connectivity index (χ4v) is 4.38. The summed E-state index contributed by atoms with van der Waals surface area (Å²) in [6, 6.07) is 26.3. The lowest BCUT2D eigenvalue weighted by molar-refractivity contribution is 0.0712. The minimum absolute atomic E-state index is 0.133. The van der Waals surface area contributed by atoms with E-state index in [1.807, 2.05) is 84.9 Å². The molecule has 0 aliphatic carbocycles. The summed E-state index contributed by atoms with van der Waals surface area (Å²) in [6.45, 7) is 5.37. The number of carbonyl (C=O) groups excluding carboxylic acids is 2. The molecule has 3 aromatic carbocycles. The molecule has 2 amide bonds. The number of ether oxygens (including phenoxy) is 3. The van der Waals surface area contributed by atoms with Crippen molar-refractivity contribution in [2.75, 3.05) is 20.2 Å². The van der Waals surface area contributed by atoms with Crippen LogP contribution in [0.15, 0.2) is 97.6 Å². The summed E-state index contributed by atoms with van der Waals surface area (Å²) >= 11 is 0. The zero-order valence-electron chi connectivity index (χ0n) is 21.0. The van der Waals surface area contributed by atoms with Gasteiger partial charge in [0.15, 0.2) is 0 Å². The van der Waals surface area contributed by atoms with Crippen LogP contribution >= 0.6 is 0 Å². The quantitative estimate of drug-likeness (QED) is 0.355. The van der Waals surface area contributed by atoms with Crippen LogP contribution in [0.4, 0.5) is 9.59 Å². The normalized spacial score (nSPS) is 16.6. The molecule has 1 aliphatic heterocycles. The van der Waals surface area contributed by atoms with Crippen LogP contribution in [0.25, 0.3) is 0 Å². The summed E-state index contributed by atoms with van der Waals surface area (Å²) < 4.78 is 16.5. The zero-order chi connectivity index (χ0) is 26.0. The van der Waals surface area contributed by atoms with E-state index >= 15 is 0 Å². The van der Waals surface area contributed by atoms with Gasteiger partial charge in [0.1, 0.15) is 19.0 Å². The standard InChI is InChI=1S/C30H32N2O5/c1-3-26-19-31(29(33)36-21-24-10-6-4-7-11-24)20-28(26)32(18-23-14-16-27(35-2)17-15-23)30(34)37-22-25-12-8-5-9-13-25/h3-17,26,28H,1,18-22H2,2H3/t26-,28-/m0/s1. The fourth-order valence-electron chi connectivity index (χ4n) is 4.38. The van der Waals surface area contributed by atoms with Gasteiger partial charge in [-0.2, -0.15) is 0 Å². The van der Waals surface area contributed by atoms with Crippen molar-refractivity contribution < 1.29 is 23.8 Å². The van der Waals surface area contributed by atoms with E-state index in [0.717, 1.165) is 22.4 Å². The van der Waals surface area contributed by atoms with Crippen molar-refractivity contribution in [1.29, 1.82) is 0 Å². The number of hydrogen-bond acceptors (Lipinski definition) is 5. The van der Waals surface area contributed by atoms with E-state index in [9.17, 15) is 9.59 Å². The summed E-state index contributed by atoms with van der Waals surface area (Å²) in [6.07, 6.45) is 0.928. The Bertz CT molecular complexity index is 1170. The van der Waals surface area contributed by atoms with Gasteiger partial charge in [-0.15, -0.1) is 6.58 Å². The third kappa shape index (κ3) is 6.91. The number of benzene rings is 3. The maximum Gasteiger partial charge on any atom is 0.410 e. The molecule has 192 valence electrons. The number of nitrogens with zero attached hydrogens (tertiary/aromatic N) is 2. The molecular weight excluding hydrogens is 468 g/mol. The van der Waals surface area contributed by atoms with E-state index in [1.165, 1.54) is 0 Å². The highest BCUT2D eigenvalue weighted by Crippen LogP contribution is 2.27. The molecule has 0 aromatic heterocycles. The maximum atomic E-state index is 13.4. The average Bonchev–Trinajstić information content (AvgIpc) is 3.39. The summed E-state index contributed by atoms with van der Waals surface area (Å²) in [5.41, 5.74) is 2.74. The van der Waals surface area contributed by atoms with E-state index in [2.05, 4.69) is 6.58 Å². The van der Waals surface area contributed by atoms with Gasteiger partial charge in [0, 0.05) is 25.6 Å². The van der Waals surface area contributed by atoms with Crippen molar-refractivity contribution in [2.24, 2.45) is 5.92 Å². The molecule has 1 heterocycles. The Kier molecular flexibility index (Phi) is 8.81. The number of methoxy groups -OCH3 is 1. The van der Waals surface area contributed by atoms with Gasteiger partial charge in [-0.05, 0) is 28.8 Å². The van der Waals surface area contributed by atoms with Crippen molar-refractivity contribution in [3.8, 4) is 5.75 Å². The third-order valence-corrected chi connectivity index (χ3v) is 6.45. The topological polar surface area (TPSA) is 68.3 Å². The van der Waals surface area contributed by atoms with Crippen molar-refractivity contribution in [2.45, 2.75) is 25.8 Å². The minimum atomic E-state index is -0.448. The molecule has 3 aromatic rings. The molecule has 0 unspecified atom stereocenters. The van der Waals surface area contributed by atoms with Crippen LogP contribution in [0, 0.1) is 5.92 Å². The predicted octanol–water partition coefficient (Wildman–Crippen LogP) is 5.66. The zero-order valence-corrected chi connectivity index (χ0v) is 21.0. The molecule has 37 heavy (non-hydrogen) atoms. The van der Waals surface area contributed by atoms with Gasteiger partial charge in [-0.1, -0.05) is 78.9 Å². The Morgan fingerprint density at radius 1 is 0.865 bits per heavy atom. The second-order valence-electron chi connectivity index (χ2n) is 8.93. The van der Waals surface area contributed by atoms with E-state index in [1.54, 1.807) is 23.0 Å². The van der Waals surface area contributed by atoms with Gasteiger partial charge in [-0.25, -0.2) is 9.59 Å². The number of amides is 2. The lowest BCUT2D eigenvalue weighted by Crippen LogP contribution is -2.44. The molecule has 0 saturated carbocycles. The van der Waals surface area contributed by atoms with Crippen LogP contribution in [0.3, 0.4) is 0 Å². The van der Waals surface area contributed by atoms with Crippen LogP contribution in [-0.2, 0) is 29.2 Å². The summed E-state index contributed by atoms with van der Waals surface area (Å²) in [7, 11) is 1.61. The predicted molar refractivity (Wildman–Crippen MR) is 141 cm³/mol. The van der Waals surface area contributed by atoms with Crippen molar-refractivity contribution in [3.05, 3.63) is 114 Å². The smallest absolute Gasteiger partial charge is 0.410 e. The van der Waals surface area contributed by atoms with Crippen LogP contribution in [0.2, 0.25) is 0 Å². The van der Waals surface area contributed by atoms with Gasteiger partial charge >= 0.3 is 12.2 Å². The molecule has 7 nitrogen and oxygen atoms in total. The molecule has 0 radical (unpaired) electrons. The van der Waals surface area contributed by atoms with Crippen LogP contribution in [0.1, 0.15) is 16.7 Å². The lowest BCUT2D eigenvalue weighted by Gasteiger charge is -2.31. The SMILES string of the molecule is C=C[C@H]1CN(C(=O)OCc2ccccc2)C[C@@H]1N(Cc1ccc(OC)cc1)C(=O)OCc1ccccc1. The molecule has 0 bridgehead atoms. The van der Waals surface area contributed by atoms with Crippen LogP contribution in [0.5, 0.6) is 5.75 Å². The largest absolute Gasteiger partial charge is 0.497 e. The summed E-state index contributed by atoms with van der Waals surface area (Å²) in [5.74, 6) is 0.603. The van der Waals surface area contributed by atoms with E-state index in [-0.39, 0.29) is 25.2 Å². The first-order chi connectivity index (χ1) is 18.1. The Labute approximate surface area is 217 Å². The Morgan fingerprint density at radius 2 is 1.46 bits per heavy atom. The highest BCUT2D eigenvalue weighted by Gasteiger charge is 2.40. The van der Waals surface area contributed by atoms with Gasteiger partial charge in [-0.3, -0.25) is 4.90 Å². The van der Waals surface area contributed by atoms with Crippen LogP contribution in [-0.4, -0.2) is 48.2 Å². The molecule has 2 atom stereocenters. The van der Waals surface area contributed by atoms with Gasteiger partial charge in [0.05, 0.1) is 13.2 Å². The first kappa shape index (κ1) is 25.8. The van der Waals surface area contributed by atoms with Crippen molar-refractivity contribution in [3.63, 3.8) is 0 Å². The highest BCUT2D eigenvalue weighted by atomic mass is 16.6. The minimum Gasteiger partial charge on any atom is -0.497 e. The number of rotatable bonds is 9. The van der Waals surface area contributed by atoms with Gasteiger partial charge < -0.3 is 19.1 Å². The Balaban J connectivity index is 1.48. The molecule has 0 N–H and O–H groups in total. The van der Waals surface area contributed by atoms with E-state index < -0.39 is 12.2 Å². The second-order valence-corrected chi connectivity index (χ2v) is 8.93.